The zero-order chi connectivity index (χ0) is 20.6. The molecule has 1 N–H and O–H groups in total. The fraction of sp³-hybridized carbons (Fsp3) is 0.455. The zero-order valence-electron chi connectivity index (χ0n) is 16.6. The van der Waals surface area contributed by atoms with Gasteiger partial charge >= 0.3 is 0 Å². The van der Waals surface area contributed by atoms with E-state index in [9.17, 15) is 14.0 Å². The molecule has 5 nitrogen and oxygen atoms in total. The largest absolute Gasteiger partial charge is 0.383 e. The molecule has 0 bridgehead atoms. The molecule has 1 fully saturated rings. The topological polar surface area (TPSA) is 58.6 Å². The molecule has 1 aromatic carbocycles. The highest BCUT2D eigenvalue weighted by Gasteiger charge is 2.33. The van der Waals surface area contributed by atoms with Gasteiger partial charge in [0.1, 0.15) is 11.9 Å². The van der Waals surface area contributed by atoms with Gasteiger partial charge in [-0.3, -0.25) is 9.59 Å². The highest BCUT2D eigenvalue weighted by atomic mass is 32.1. The standard InChI is InChI=1S/C22H27FN2O3S/c1-28-13-12-25(20(26)15-19-7-4-14-29-19)21(16-8-10-17(23)11-9-16)22(27)24-18-5-2-3-6-18/h4,7-11,14,18,21H,2-3,5-6,12-13,15H2,1H3,(H,24,27)/t21-/m1/s1. The van der Waals surface area contributed by atoms with Gasteiger partial charge in [-0.1, -0.05) is 31.0 Å². The number of ether oxygens (including phenoxy) is 1. The Labute approximate surface area is 174 Å². The van der Waals surface area contributed by atoms with Crippen LogP contribution < -0.4 is 5.32 Å². The number of hydrogen-bond acceptors (Lipinski definition) is 4. The Morgan fingerprint density at radius 3 is 2.59 bits per heavy atom. The zero-order valence-corrected chi connectivity index (χ0v) is 17.4. The number of nitrogens with zero attached hydrogens (tertiary/aromatic N) is 1. The summed E-state index contributed by atoms with van der Waals surface area (Å²) in [6.07, 6.45) is 4.30. The molecular formula is C22H27FN2O3S. The van der Waals surface area contributed by atoms with Crippen molar-refractivity contribution < 1.29 is 18.7 Å². The van der Waals surface area contributed by atoms with E-state index in [1.54, 1.807) is 24.1 Å². The van der Waals surface area contributed by atoms with Gasteiger partial charge in [-0.2, -0.15) is 0 Å². The lowest BCUT2D eigenvalue weighted by molar-refractivity contribution is -0.141. The van der Waals surface area contributed by atoms with E-state index < -0.39 is 6.04 Å². The summed E-state index contributed by atoms with van der Waals surface area (Å²) >= 11 is 1.51. The van der Waals surface area contributed by atoms with Crippen molar-refractivity contribution in [2.24, 2.45) is 0 Å². The van der Waals surface area contributed by atoms with Crippen molar-refractivity contribution in [1.29, 1.82) is 0 Å². The molecule has 2 amide bonds. The molecule has 0 spiro atoms. The van der Waals surface area contributed by atoms with Gasteiger partial charge in [0.25, 0.3) is 0 Å². The molecule has 7 heteroatoms. The van der Waals surface area contributed by atoms with E-state index >= 15 is 0 Å². The van der Waals surface area contributed by atoms with Crippen LogP contribution in [0, 0.1) is 5.82 Å². The summed E-state index contributed by atoms with van der Waals surface area (Å²) < 4.78 is 18.7. The van der Waals surface area contributed by atoms with E-state index in [0.717, 1.165) is 30.6 Å². The smallest absolute Gasteiger partial charge is 0.247 e. The molecule has 29 heavy (non-hydrogen) atoms. The summed E-state index contributed by atoms with van der Waals surface area (Å²) in [7, 11) is 1.56. The third-order valence-corrected chi connectivity index (χ3v) is 6.09. The molecule has 2 aromatic rings. The van der Waals surface area contributed by atoms with Crippen LogP contribution in [-0.2, 0) is 20.7 Å². The maximum absolute atomic E-state index is 13.5. The van der Waals surface area contributed by atoms with Crippen LogP contribution in [0.25, 0.3) is 0 Å². The van der Waals surface area contributed by atoms with Crippen LogP contribution in [0.5, 0.6) is 0 Å². The van der Waals surface area contributed by atoms with Crippen molar-refractivity contribution in [2.75, 3.05) is 20.3 Å². The number of carbonyl (C=O) groups excluding carboxylic acids is 2. The maximum atomic E-state index is 13.5. The van der Waals surface area contributed by atoms with Gasteiger partial charge in [0, 0.05) is 24.6 Å². The van der Waals surface area contributed by atoms with E-state index in [-0.39, 0.29) is 36.6 Å². The minimum Gasteiger partial charge on any atom is -0.383 e. The van der Waals surface area contributed by atoms with Crippen LogP contribution >= 0.6 is 11.3 Å². The SMILES string of the molecule is COCCN(C(=O)Cc1cccs1)[C@@H](C(=O)NC1CCCC1)c1ccc(F)cc1. The summed E-state index contributed by atoms with van der Waals surface area (Å²) in [6, 6.07) is 8.91. The molecule has 1 aliphatic carbocycles. The van der Waals surface area contributed by atoms with Gasteiger partial charge in [0.05, 0.1) is 13.0 Å². The summed E-state index contributed by atoms with van der Waals surface area (Å²) in [5.74, 6) is -0.753. The van der Waals surface area contributed by atoms with Crippen LogP contribution in [0.2, 0.25) is 0 Å². The predicted octanol–water partition coefficient (Wildman–Crippen LogP) is 3.70. The van der Waals surface area contributed by atoms with Gasteiger partial charge in [0.15, 0.2) is 0 Å². The van der Waals surface area contributed by atoms with Gasteiger partial charge in [-0.15, -0.1) is 11.3 Å². The van der Waals surface area contributed by atoms with E-state index in [1.807, 2.05) is 17.5 Å². The minimum absolute atomic E-state index is 0.127. The van der Waals surface area contributed by atoms with Crippen LogP contribution in [0.3, 0.4) is 0 Å². The normalized spacial score (nSPS) is 15.2. The molecule has 1 atom stereocenters. The molecule has 1 aliphatic rings. The lowest BCUT2D eigenvalue weighted by Gasteiger charge is -2.32. The Morgan fingerprint density at radius 2 is 1.97 bits per heavy atom. The van der Waals surface area contributed by atoms with E-state index in [0.29, 0.717) is 12.2 Å². The molecule has 0 saturated heterocycles. The highest BCUT2D eigenvalue weighted by Crippen LogP contribution is 2.25. The second kappa shape index (κ2) is 10.5. The van der Waals surface area contributed by atoms with Gasteiger partial charge < -0.3 is 15.0 Å². The third-order valence-electron chi connectivity index (χ3n) is 5.21. The molecule has 1 heterocycles. The molecule has 1 saturated carbocycles. The van der Waals surface area contributed by atoms with Crippen LogP contribution in [-0.4, -0.2) is 43.0 Å². The number of halogens is 1. The second-order valence-corrected chi connectivity index (χ2v) is 8.31. The average Bonchev–Trinajstić information content (AvgIpc) is 3.40. The minimum atomic E-state index is -0.821. The lowest BCUT2D eigenvalue weighted by Crippen LogP contribution is -2.47. The summed E-state index contributed by atoms with van der Waals surface area (Å²) in [4.78, 5) is 28.9. The Balaban J connectivity index is 1.88. The van der Waals surface area contributed by atoms with E-state index in [1.165, 1.54) is 23.5 Å². The van der Waals surface area contributed by atoms with Crippen molar-refractivity contribution >= 4 is 23.2 Å². The Hall–Kier alpha value is -2.25. The summed E-state index contributed by atoms with van der Waals surface area (Å²) in [5.41, 5.74) is 0.595. The first-order valence-corrected chi connectivity index (χ1v) is 10.8. The first-order valence-electron chi connectivity index (χ1n) is 9.95. The monoisotopic (exact) mass is 418 g/mol. The fourth-order valence-electron chi connectivity index (χ4n) is 3.72. The third kappa shape index (κ3) is 5.87. The van der Waals surface area contributed by atoms with E-state index in [2.05, 4.69) is 5.32 Å². The second-order valence-electron chi connectivity index (χ2n) is 7.28. The predicted molar refractivity (Wildman–Crippen MR) is 111 cm³/mol. The van der Waals surface area contributed by atoms with Crippen LogP contribution in [0.15, 0.2) is 41.8 Å². The number of amides is 2. The number of nitrogens with one attached hydrogen (secondary N) is 1. The van der Waals surface area contributed by atoms with Gasteiger partial charge in [0.2, 0.25) is 11.8 Å². The molecular weight excluding hydrogens is 391 g/mol. The Morgan fingerprint density at radius 1 is 1.24 bits per heavy atom. The fourth-order valence-corrected chi connectivity index (χ4v) is 4.42. The van der Waals surface area contributed by atoms with Crippen molar-refractivity contribution in [2.45, 2.75) is 44.2 Å². The van der Waals surface area contributed by atoms with Crippen LogP contribution in [0.4, 0.5) is 4.39 Å². The lowest BCUT2D eigenvalue weighted by atomic mass is 10.0. The Kier molecular flexibility index (Phi) is 7.77. The van der Waals surface area contributed by atoms with E-state index in [4.69, 9.17) is 4.74 Å². The van der Waals surface area contributed by atoms with Crippen molar-refractivity contribution in [1.82, 2.24) is 10.2 Å². The molecule has 0 radical (unpaired) electrons. The Bertz CT molecular complexity index is 789. The average molecular weight is 419 g/mol. The number of thiophene rings is 1. The first-order chi connectivity index (χ1) is 14.1. The number of carbonyl (C=O) groups is 2. The van der Waals surface area contributed by atoms with Crippen molar-refractivity contribution in [3.8, 4) is 0 Å². The van der Waals surface area contributed by atoms with Gasteiger partial charge in [-0.25, -0.2) is 4.39 Å². The number of rotatable bonds is 9. The van der Waals surface area contributed by atoms with Crippen molar-refractivity contribution in [3.05, 3.63) is 58.0 Å². The maximum Gasteiger partial charge on any atom is 0.247 e. The number of hydrogen-bond donors (Lipinski definition) is 1. The number of benzene rings is 1. The molecule has 0 aliphatic heterocycles. The number of methoxy groups -OCH3 is 1. The van der Waals surface area contributed by atoms with Crippen molar-refractivity contribution in [3.63, 3.8) is 0 Å². The summed E-state index contributed by atoms with van der Waals surface area (Å²) in [5, 5.41) is 5.02. The van der Waals surface area contributed by atoms with Crippen LogP contribution in [0.1, 0.15) is 42.2 Å². The molecule has 3 rings (SSSR count). The highest BCUT2D eigenvalue weighted by molar-refractivity contribution is 7.10. The molecule has 156 valence electrons. The quantitative estimate of drug-likeness (QED) is 0.676. The molecule has 0 unspecified atom stereocenters. The molecule has 1 aromatic heterocycles. The first kappa shape index (κ1) is 21.5. The summed E-state index contributed by atoms with van der Waals surface area (Å²) in [6.45, 7) is 0.589. The van der Waals surface area contributed by atoms with Gasteiger partial charge in [-0.05, 0) is 42.0 Å².